The monoisotopic (exact) mass is 478 g/mol. The second-order valence-corrected chi connectivity index (χ2v) is 7.93. The lowest BCUT2D eigenvalue weighted by atomic mass is 10.1. The Labute approximate surface area is 204 Å². The molecule has 2 heterocycles. The second kappa shape index (κ2) is 10.4. The molecule has 184 valence electrons. The average molecular weight is 479 g/mol. The van der Waals surface area contributed by atoms with Gasteiger partial charge in [0.2, 0.25) is 0 Å². The van der Waals surface area contributed by atoms with E-state index in [9.17, 15) is 0 Å². The van der Waals surface area contributed by atoms with Crippen LogP contribution in [0.3, 0.4) is 0 Å². The first-order chi connectivity index (χ1) is 17.0. The quantitative estimate of drug-likeness (QED) is 0.334. The van der Waals surface area contributed by atoms with Gasteiger partial charge in [-0.1, -0.05) is 0 Å². The number of ether oxygens (including phenoxy) is 5. The number of methoxy groups -OCH3 is 5. The molecule has 0 atom stereocenters. The van der Waals surface area contributed by atoms with Gasteiger partial charge in [-0.15, -0.1) is 0 Å². The second-order valence-electron chi connectivity index (χ2n) is 7.93. The highest BCUT2D eigenvalue weighted by Gasteiger charge is 2.22. The molecule has 0 spiro atoms. The van der Waals surface area contributed by atoms with E-state index in [-0.39, 0.29) is 0 Å². The van der Waals surface area contributed by atoms with Gasteiger partial charge in [0.25, 0.3) is 0 Å². The molecule has 0 N–H and O–H groups in total. The maximum absolute atomic E-state index is 5.87. The lowest BCUT2D eigenvalue weighted by Crippen LogP contribution is -2.25. The smallest absolute Gasteiger partial charge is 0.187 e. The molecule has 4 rings (SSSR count). The molecular formula is C26H30N4O5. The maximum Gasteiger partial charge on any atom is 0.187 e. The summed E-state index contributed by atoms with van der Waals surface area (Å²) in [4.78, 5) is 6.86. The Hall–Kier alpha value is -4.14. The zero-order valence-corrected chi connectivity index (χ0v) is 20.9. The van der Waals surface area contributed by atoms with E-state index < -0.39 is 0 Å². The maximum atomic E-state index is 5.87. The van der Waals surface area contributed by atoms with Gasteiger partial charge in [-0.25, -0.2) is 9.50 Å². The van der Waals surface area contributed by atoms with Crippen LogP contribution in [0.1, 0.15) is 16.7 Å². The van der Waals surface area contributed by atoms with Crippen LogP contribution in [0.4, 0.5) is 5.82 Å². The summed E-state index contributed by atoms with van der Waals surface area (Å²) in [5, 5.41) is 4.38. The number of benzene rings is 2. The fourth-order valence-electron chi connectivity index (χ4n) is 4.09. The first-order valence-electron chi connectivity index (χ1n) is 11.1. The fraction of sp³-hybridized carbons (Fsp3) is 0.308. The highest BCUT2D eigenvalue weighted by atomic mass is 16.5. The number of hydrogen-bond acceptors (Lipinski definition) is 8. The van der Waals surface area contributed by atoms with Crippen molar-refractivity contribution >= 4 is 11.3 Å². The predicted octanol–water partition coefficient (Wildman–Crippen LogP) is 4.29. The van der Waals surface area contributed by atoms with Crippen LogP contribution in [-0.2, 0) is 13.1 Å². The molecule has 0 fully saturated rings. The van der Waals surface area contributed by atoms with Crippen molar-refractivity contribution in [1.82, 2.24) is 14.6 Å². The summed E-state index contributed by atoms with van der Waals surface area (Å²) in [5.41, 5.74) is 3.80. The Morgan fingerprint density at radius 3 is 1.83 bits per heavy atom. The van der Waals surface area contributed by atoms with Gasteiger partial charge in [0, 0.05) is 36.3 Å². The molecule has 0 saturated carbocycles. The van der Waals surface area contributed by atoms with Crippen molar-refractivity contribution in [2.45, 2.75) is 20.0 Å². The fourth-order valence-corrected chi connectivity index (χ4v) is 4.09. The Kier molecular flexibility index (Phi) is 7.14. The van der Waals surface area contributed by atoms with E-state index in [4.69, 9.17) is 28.7 Å². The van der Waals surface area contributed by atoms with E-state index in [1.807, 2.05) is 43.3 Å². The summed E-state index contributed by atoms with van der Waals surface area (Å²) in [7, 11) is 8.21. The molecule has 2 aromatic carbocycles. The van der Waals surface area contributed by atoms with Crippen LogP contribution in [0.5, 0.6) is 28.7 Å². The number of rotatable bonds is 10. The molecule has 0 unspecified atom stereocenters. The molecule has 2 aromatic heterocycles. The zero-order chi connectivity index (χ0) is 24.9. The van der Waals surface area contributed by atoms with Crippen molar-refractivity contribution in [3.63, 3.8) is 0 Å². The Balaban J connectivity index is 1.84. The molecule has 0 aliphatic carbocycles. The van der Waals surface area contributed by atoms with Crippen LogP contribution < -0.4 is 28.6 Å². The van der Waals surface area contributed by atoms with Crippen LogP contribution in [-0.4, -0.2) is 50.1 Å². The zero-order valence-electron chi connectivity index (χ0n) is 20.9. The van der Waals surface area contributed by atoms with Gasteiger partial charge < -0.3 is 28.6 Å². The van der Waals surface area contributed by atoms with Gasteiger partial charge in [-0.2, -0.15) is 5.10 Å². The largest absolute Gasteiger partial charge is 0.497 e. The molecule has 0 aliphatic rings. The topological polar surface area (TPSA) is 79.6 Å². The highest BCUT2D eigenvalue weighted by molar-refractivity contribution is 5.74. The van der Waals surface area contributed by atoms with Crippen LogP contribution in [0.2, 0.25) is 0 Å². The lowest BCUT2D eigenvalue weighted by Gasteiger charge is -2.27. The van der Waals surface area contributed by atoms with E-state index >= 15 is 0 Å². The molecule has 9 nitrogen and oxygen atoms in total. The third-order valence-electron chi connectivity index (χ3n) is 5.90. The minimum Gasteiger partial charge on any atom is -0.497 e. The molecule has 4 aromatic rings. The van der Waals surface area contributed by atoms with E-state index in [1.54, 1.807) is 52.6 Å². The Bertz CT molecular complexity index is 1260. The molecule has 9 heteroatoms. The van der Waals surface area contributed by atoms with Crippen molar-refractivity contribution in [3.05, 3.63) is 65.6 Å². The normalized spacial score (nSPS) is 10.8. The predicted molar refractivity (Wildman–Crippen MR) is 133 cm³/mol. The highest BCUT2D eigenvalue weighted by Crippen LogP contribution is 2.37. The number of anilines is 1. The third kappa shape index (κ3) is 4.75. The molecule has 35 heavy (non-hydrogen) atoms. The number of aryl methyl sites for hydroxylation is 1. The first-order valence-corrected chi connectivity index (χ1v) is 11.1. The minimum atomic E-state index is 0.495. The molecule has 0 radical (unpaired) electrons. The number of hydrogen-bond donors (Lipinski definition) is 0. The van der Waals surface area contributed by atoms with Gasteiger partial charge in [0.05, 0.1) is 41.7 Å². The standard InChI is InChI=1S/C26H30N4O5/c1-17-13-28-30-16-27-26(25(35-6)24(17)30)29(14-18-7-9-20(31-2)11-22(18)33-4)15-19-8-10-21(32-3)12-23(19)34-5/h7-13,16H,14-15H2,1-6H3. The van der Waals surface area contributed by atoms with E-state index in [0.717, 1.165) is 45.2 Å². The van der Waals surface area contributed by atoms with Crippen LogP contribution in [0.15, 0.2) is 48.9 Å². The SMILES string of the molecule is COc1ccc(CN(Cc2ccc(OC)cc2OC)c2ncn3ncc(C)c3c2OC)c(OC)c1. The van der Waals surface area contributed by atoms with Crippen molar-refractivity contribution in [2.75, 3.05) is 40.4 Å². The van der Waals surface area contributed by atoms with Gasteiger partial charge in [0.15, 0.2) is 11.6 Å². The summed E-state index contributed by atoms with van der Waals surface area (Å²) in [6, 6.07) is 11.6. The minimum absolute atomic E-state index is 0.495. The van der Waals surface area contributed by atoms with Gasteiger partial charge in [-0.05, 0) is 36.8 Å². The van der Waals surface area contributed by atoms with Crippen LogP contribution >= 0.6 is 0 Å². The van der Waals surface area contributed by atoms with Crippen LogP contribution in [0, 0.1) is 6.92 Å². The molecule has 0 bridgehead atoms. The average Bonchev–Trinajstić information content (AvgIpc) is 3.28. The summed E-state index contributed by atoms with van der Waals surface area (Å²) >= 11 is 0. The summed E-state index contributed by atoms with van der Waals surface area (Å²) in [6.07, 6.45) is 3.50. The Morgan fingerprint density at radius 1 is 0.771 bits per heavy atom. The van der Waals surface area contributed by atoms with Crippen molar-refractivity contribution in [2.24, 2.45) is 0 Å². The number of nitrogens with zero attached hydrogens (tertiary/aromatic N) is 4. The van der Waals surface area contributed by atoms with Crippen LogP contribution in [0.25, 0.3) is 5.52 Å². The number of aromatic nitrogens is 3. The van der Waals surface area contributed by atoms with E-state index in [1.165, 1.54) is 0 Å². The Morgan fingerprint density at radius 2 is 1.34 bits per heavy atom. The van der Waals surface area contributed by atoms with Crippen molar-refractivity contribution in [1.29, 1.82) is 0 Å². The third-order valence-corrected chi connectivity index (χ3v) is 5.90. The lowest BCUT2D eigenvalue weighted by molar-refractivity contribution is 0.388. The summed E-state index contributed by atoms with van der Waals surface area (Å²) < 4.78 is 29.7. The van der Waals surface area contributed by atoms with Crippen molar-refractivity contribution < 1.29 is 23.7 Å². The molecule has 0 aliphatic heterocycles. The number of fused-ring (bicyclic) bond motifs is 1. The van der Waals surface area contributed by atoms with E-state index in [2.05, 4.69) is 10.00 Å². The molecular weight excluding hydrogens is 448 g/mol. The van der Waals surface area contributed by atoms with Gasteiger partial charge in [-0.3, -0.25) is 0 Å². The van der Waals surface area contributed by atoms with E-state index in [0.29, 0.717) is 24.7 Å². The molecule has 0 amide bonds. The first kappa shape index (κ1) is 24.0. The van der Waals surface area contributed by atoms with Gasteiger partial charge in [0.1, 0.15) is 34.8 Å². The van der Waals surface area contributed by atoms with Gasteiger partial charge >= 0.3 is 0 Å². The summed E-state index contributed by atoms with van der Waals surface area (Å²) in [6.45, 7) is 2.99. The molecule has 0 saturated heterocycles. The summed E-state index contributed by atoms with van der Waals surface area (Å²) in [5.74, 6) is 4.21. The van der Waals surface area contributed by atoms with Crippen molar-refractivity contribution in [3.8, 4) is 28.7 Å².